The molecule has 172 valence electrons. The van der Waals surface area contributed by atoms with Crippen LogP contribution in [0.3, 0.4) is 0 Å². The van der Waals surface area contributed by atoms with Gasteiger partial charge in [-0.1, -0.05) is 37.1 Å². The molecule has 2 amide bonds. The number of rotatable bonds is 6. The van der Waals surface area contributed by atoms with Gasteiger partial charge < -0.3 is 10.6 Å². The molecule has 4 fully saturated rings. The Morgan fingerprint density at radius 2 is 1.03 bits per heavy atom. The second-order valence-electron chi connectivity index (χ2n) is 11.1. The zero-order valence-electron chi connectivity index (χ0n) is 19.3. The second-order valence-corrected chi connectivity index (χ2v) is 11.1. The summed E-state index contributed by atoms with van der Waals surface area (Å²) in [5, 5.41) is 6.28. The van der Waals surface area contributed by atoms with Gasteiger partial charge in [-0.2, -0.15) is 0 Å². The third-order valence-electron chi connectivity index (χ3n) is 9.00. The monoisotopic (exact) mass is 442 g/mol. The lowest BCUT2D eigenvalue weighted by atomic mass is 9.88. The van der Waals surface area contributed by atoms with E-state index in [2.05, 4.69) is 34.9 Å². The fraction of sp³-hybridized carbons (Fsp3) is 0.517. The molecular weight excluding hydrogens is 408 g/mol. The highest BCUT2D eigenvalue weighted by molar-refractivity contribution is 5.93. The number of carbonyl (C=O) groups excluding carboxylic acids is 2. The van der Waals surface area contributed by atoms with Crippen molar-refractivity contribution in [1.29, 1.82) is 0 Å². The molecule has 0 spiro atoms. The summed E-state index contributed by atoms with van der Waals surface area (Å²) in [7, 11) is 0. The van der Waals surface area contributed by atoms with Gasteiger partial charge in [-0.05, 0) is 104 Å². The maximum absolute atomic E-state index is 12.7. The maximum atomic E-state index is 12.7. The van der Waals surface area contributed by atoms with Crippen LogP contribution in [-0.2, 0) is 16.0 Å². The van der Waals surface area contributed by atoms with Gasteiger partial charge in [-0.15, -0.1) is 0 Å². The summed E-state index contributed by atoms with van der Waals surface area (Å²) in [4.78, 5) is 25.3. The van der Waals surface area contributed by atoms with E-state index < -0.39 is 0 Å². The molecule has 4 nitrogen and oxygen atoms in total. The van der Waals surface area contributed by atoms with Crippen LogP contribution >= 0.6 is 0 Å². The van der Waals surface area contributed by atoms with E-state index in [0.717, 1.165) is 42.5 Å². The van der Waals surface area contributed by atoms with Crippen molar-refractivity contribution in [1.82, 2.24) is 0 Å². The molecule has 2 aromatic rings. The number of hydrogen-bond donors (Lipinski definition) is 2. The molecule has 2 aromatic carbocycles. The van der Waals surface area contributed by atoms with Crippen molar-refractivity contribution in [2.45, 2.75) is 57.8 Å². The Kier molecular flexibility index (Phi) is 5.48. The van der Waals surface area contributed by atoms with Crippen LogP contribution in [0.2, 0.25) is 0 Å². The molecule has 0 heterocycles. The molecule has 4 bridgehead atoms. The SMILES string of the molecule is O=C(Nc1ccc(Cc2ccc(NC(=O)[C@@H]3C[C@H]4CC[C@H]3C4)cc2)cc1)[C@@H]1C[C@H]2CC[C@H]1C2. The van der Waals surface area contributed by atoms with Crippen molar-refractivity contribution in [3.05, 3.63) is 59.7 Å². The van der Waals surface area contributed by atoms with Crippen LogP contribution in [0.5, 0.6) is 0 Å². The smallest absolute Gasteiger partial charge is 0.227 e. The van der Waals surface area contributed by atoms with Gasteiger partial charge in [0.1, 0.15) is 0 Å². The van der Waals surface area contributed by atoms with Crippen molar-refractivity contribution < 1.29 is 9.59 Å². The van der Waals surface area contributed by atoms with Crippen molar-refractivity contribution >= 4 is 23.2 Å². The Morgan fingerprint density at radius 3 is 1.36 bits per heavy atom. The molecule has 0 unspecified atom stereocenters. The number of benzene rings is 2. The van der Waals surface area contributed by atoms with E-state index in [-0.39, 0.29) is 23.7 Å². The van der Waals surface area contributed by atoms with E-state index >= 15 is 0 Å². The average Bonchev–Trinajstić information content (AvgIpc) is 3.63. The lowest BCUT2D eigenvalue weighted by Gasteiger charge is -2.21. The number of amides is 2. The van der Waals surface area contributed by atoms with Gasteiger partial charge in [0.05, 0.1) is 0 Å². The number of fused-ring (bicyclic) bond motifs is 4. The van der Waals surface area contributed by atoms with Gasteiger partial charge in [0, 0.05) is 23.2 Å². The average molecular weight is 443 g/mol. The topological polar surface area (TPSA) is 58.2 Å². The van der Waals surface area contributed by atoms with E-state index in [0.29, 0.717) is 11.8 Å². The van der Waals surface area contributed by atoms with Crippen LogP contribution in [-0.4, -0.2) is 11.8 Å². The van der Waals surface area contributed by atoms with Crippen LogP contribution in [0.25, 0.3) is 0 Å². The number of nitrogens with one attached hydrogen (secondary N) is 2. The molecule has 6 rings (SSSR count). The first-order chi connectivity index (χ1) is 16.1. The summed E-state index contributed by atoms with van der Waals surface area (Å²) in [5.74, 6) is 3.62. The quantitative estimate of drug-likeness (QED) is 0.574. The summed E-state index contributed by atoms with van der Waals surface area (Å²) in [6, 6.07) is 16.5. The van der Waals surface area contributed by atoms with E-state index in [1.54, 1.807) is 0 Å². The highest BCUT2D eigenvalue weighted by atomic mass is 16.2. The molecule has 2 N–H and O–H groups in total. The molecule has 4 saturated carbocycles. The molecule has 4 heteroatoms. The lowest BCUT2D eigenvalue weighted by Crippen LogP contribution is -2.27. The molecule has 33 heavy (non-hydrogen) atoms. The molecule has 0 aromatic heterocycles. The summed E-state index contributed by atoms with van der Waals surface area (Å²) >= 11 is 0. The molecular formula is C29H34N2O2. The highest BCUT2D eigenvalue weighted by Gasteiger charge is 2.43. The van der Waals surface area contributed by atoms with Gasteiger partial charge in [0.25, 0.3) is 0 Å². The maximum Gasteiger partial charge on any atom is 0.227 e. The van der Waals surface area contributed by atoms with Gasteiger partial charge in [-0.3, -0.25) is 9.59 Å². The predicted octanol–water partition coefficient (Wildman–Crippen LogP) is 6.03. The first kappa shape index (κ1) is 20.9. The first-order valence-corrected chi connectivity index (χ1v) is 12.9. The minimum Gasteiger partial charge on any atom is -0.326 e. The van der Waals surface area contributed by atoms with E-state index in [9.17, 15) is 9.59 Å². The Bertz CT molecular complexity index is 945. The van der Waals surface area contributed by atoms with E-state index in [4.69, 9.17) is 0 Å². The van der Waals surface area contributed by atoms with Crippen molar-refractivity contribution in [2.75, 3.05) is 10.6 Å². The fourth-order valence-corrected chi connectivity index (χ4v) is 7.25. The zero-order chi connectivity index (χ0) is 22.4. The van der Waals surface area contributed by atoms with Crippen molar-refractivity contribution in [3.63, 3.8) is 0 Å². The van der Waals surface area contributed by atoms with Crippen LogP contribution in [0.15, 0.2) is 48.5 Å². The summed E-state index contributed by atoms with van der Waals surface area (Å²) < 4.78 is 0. The zero-order valence-corrected chi connectivity index (χ0v) is 19.3. The molecule has 0 aliphatic heterocycles. The highest BCUT2D eigenvalue weighted by Crippen LogP contribution is 2.49. The number of hydrogen-bond acceptors (Lipinski definition) is 2. The third kappa shape index (κ3) is 4.32. The summed E-state index contributed by atoms with van der Waals surface area (Å²) in [6.07, 6.45) is 10.6. The normalized spacial score (nSPS) is 31.6. The Hall–Kier alpha value is -2.62. The second kappa shape index (κ2) is 8.62. The molecule has 4 aliphatic carbocycles. The minimum absolute atomic E-state index is 0.206. The van der Waals surface area contributed by atoms with E-state index in [1.807, 2.05) is 24.3 Å². The third-order valence-corrected chi connectivity index (χ3v) is 9.00. The van der Waals surface area contributed by atoms with Crippen LogP contribution in [0.1, 0.15) is 62.5 Å². The standard InChI is InChI=1S/C29H34N2O2/c32-28(26-16-20-1-7-22(26)14-20)30-24-9-3-18(4-10-24)13-19-5-11-25(12-6-19)31-29(33)27-17-21-2-8-23(27)15-21/h3-6,9-12,20-23,26-27H,1-2,7-8,13-17H2,(H,30,32)(H,31,33)/t20-,21-,22-,23-,26+,27+/m0/s1. The number of anilines is 2. The predicted molar refractivity (Wildman–Crippen MR) is 131 cm³/mol. The Morgan fingerprint density at radius 1 is 0.606 bits per heavy atom. The van der Waals surface area contributed by atoms with Crippen LogP contribution in [0.4, 0.5) is 11.4 Å². The van der Waals surface area contributed by atoms with Gasteiger partial charge in [0.2, 0.25) is 11.8 Å². The van der Waals surface area contributed by atoms with Gasteiger partial charge in [0.15, 0.2) is 0 Å². The fourth-order valence-electron chi connectivity index (χ4n) is 7.25. The largest absolute Gasteiger partial charge is 0.326 e. The minimum atomic E-state index is 0.206. The van der Waals surface area contributed by atoms with E-state index in [1.165, 1.54) is 49.7 Å². The van der Waals surface area contributed by atoms with Crippen LogP contribution in [0, 0.1) is 35.5 Å². The van der Waals surface area contributed by atoms with Crippen molar-refractivity contribution in [2.24, 2.45) is 35.5 Å². The van der Waals surface area contributed by atoms with Crippen molar-refractivity contribution in [3.8, 4) is 0 Å². The molecule has 6 atom stereocenters. The summed E-state index contributed by atoms with van der Waals surface area (Å²) in [6.45, 7) is 0. The van der Waals surface area contributed by atoms with Crippen LogP contribution < -0.4 is 10.6 Å². The summed E-state index contributed by atoms with van der Waals surface area (Å²) in [5.41, 5.74) is 4.22. The Labute approximate surface area is 196 Å². The molecule has 4 aliphatic rings. The van der Waals surface area contributed by atoms with Gasteiger partial charge >= 0.3 is 0 Å². The molecule has 0 saturated heterocycles. The first-order valence-electron chi connectivity index (χ1n) is 12.9. The number of carbonyl (C=O) groups is 2. The van der Waals surface area contributed by atoms with Gasteiger partial charge in [-0.25, -0.2) is 0 Å². The lowest BCUT2D eigenvalue weighted by molar-refractivity contribution is -0.122. The Balaban J connectivity index is 1.01. The molecule has 0 radical (unpaired) electrons.